The molecule has 0 aromatic carbocycles. The van der Waals surface area contributed by atoms with Crippen LogP contribution in [0.1, 0.15) is 26.2 Å². The smallest absolute Gasteiger partial charge is 0.0610 e. The van der Waals surface area contributed by atoms with Crippen molar-refractivity contribution in [1.29, 1.82) is 0 Å². The van der Waals surface area contributed by atoms with E-state index in [4.69, 9.17) is 0 Å². The van der Waals surface area contributed by atoms with E-state index in [1.54, 1.807) is 0 Å². The summed E-state index contributed by atoms with van der Waals surface area (Å²) >= 11 is 0. The molecular weight excluding hydrogens is 188 g/mol. The van der Waals surface area contributed by atoms with Gasteiger partial charge in [0.05, 0.1) is 6.61 Å². The Balaban J connectivity index is 1.86. The van der Waals surface area contributed by atoms with Gasteiger partial charge in [0.15, 0.2) is 0 Å². The van der Waals surface area contributed by atoms with Gasteiger partial charge in [-0.25, -0.2) is 0 Å². The van der Waals surface area contributed by atoms with Gasteiger partial charge >= 0.3 is 0 Å². The average molecular weight is 212 g/mol. The standard InChI is InChI=1S/C12H24N2O/c1-12(9-15)7-11(8-13-12)10-3-5-14(2)6-4-10/h10-11,13,15H,3-9H2,1-2H3. The van der Waals surface area contributed by atoms with Crippen LogP contribution in [-0.4, -0.2) is 48.8 Å². The first-order chi connectivity index (χ1) is 7.13. The third-order valence-corrected chi connectivity index (χ3v) is 4.28. The van der Waals surface area contributed by atoms with E-state index in [2.05, 4.69) is 24.2 Å². The third-order valence-electron chi connectivity index (χ3n) is 4.28. The maximum Gasteiger partial charge on any atom is 0.0610 e. The fraction of sp³-hybridized carbons (Fsp3) is 1.00. The van der Waals surface area contributed by atoms with Crippen LogP contribution >= 0.6 is 0 Å². The number of hydrogen-bond acceptors (Lipinski definition) is 3. The highest BCUT2D eigenvalue weighted by atomic mass is 16.3. The Morgan fingerprint density at radius 3 is 2.53 bits per heavy atom. The van der Waals surface area contributed by atoms with E-state index in [1.165, 1.54) is 25.9 Å². The highest BCUT2D eigenvalue weighted by Gasteiger charge is 2.38. The van der Waals surface area contributed by atoms with Crippen LogP contribution in [0.25, 0.3) is 0 Å². The molecule has 3 heteroatoms. The largest absolute Gasteiger partial charge is 0.394 e. The lowest BCUT2D eigenvalue weighted by atomic mass is 9.81. The highest BCUT2D eigenvalue weighted by molar-refractivity contribution is 4.95. The molecule has 15 heavy (non-hydrogen) atoms. The Morgan fingerprint density at radius 1 is 1.33 bits per heavy atom. The predicted molar refractivity (Wildman–Crippen MR) is 61.8 cm³/mol. The Hall–Kier alpha value is -0.120. The Bertz CT molecular complexity index is 214. The molecular formula is C12H24N2O. The number of nitrogens with one attached hydrogen (secondary N) is 1. The van der Waals surface area contributed by atoms with E-state index in [1.807, 2.05) is 0 Å². The van der Waals surface area contributed by atoms with Gasteiger partial charge in [0.25, 0.3) is 0 Å². The van der Waals surface area contributed by atoms with Gasteiger partial charge in [0.2, 0.25) is 0 Å². The molecule has 2 saturated heterocycles. The summed E-state index contributed by atoms with van der Waals surface area (Å²) in [5.74, 6) is 1.66. The number of aliphatic hydroxyl groups excluding tert-OH is 1. The number of rotatable bonds is 2. The van der Waals surface area contributed by atoms with Gasteiger partial charge < -0.3 is 15.3 Å². The number of likely N-dealkylation sites (tertiary alicyclic amines) is 1. The van der Waals surface area contributed by atoms with Gasteiger partial charge in [-0.1, -0.05) is 0 Å². The minimum Gasteiger partial charge on any atom is -0.394 e. The Morgan fingerprint density at radius 2 is 2.00 bits per heavy atom. The number of hydrogen-bond donors (Lipinski definition) is 2. The molecule has 3 nitrogen and oxygen atoms in total. The summed E-state index contributed by atoms with van der Waals surface area (Å²) in [6.07, 6.45) is 3.83. The van der Waals surface area contributed by atoms with Crippen LogP contribution in [0, 0.1) is 11.8 Å². The van der Waals surface area contributed by atoms with E-state index < -0.39 is 0 Å². The van der Waals surface area contributed by atoms with Crippen molar-refractivity contribution in [1.82, 2.24) is 10.2 Å². The molecule has 0 aromatic heterocycles. The van der Waals surface area contributed by atoms with E-state index >= 15 is 0 Å². The predicted octanol–water partition coefficient (Wildman–Crippen LogP) is 0.689. The number of aliphatic hydroxyl groups is 1. The van der Waals surface area contributed by atoms with Gasteiger partial charge in [-0.2, -0.15) is 0 Å². The SMILES string of the molecule is CN1CCC(C2CNC(C)(CO)C2)CC1. The fourth-order valence-corrected chi connectivity index (χ4v) is 3.05. The molecule has 0 radical (unpaired) electrons. The molecule has 2 aliphatic heterocycles. The van der Waals surface area contributed by atoms with Gasteiger partial charge in [0.1, 0.15) is 0 Å². The first kappa shape index (κ1) is 11.4. The summed E-state index contributed by atoms with van der Waals surface area (Å²) in [6, 6.07) is 0. The molecule has 2 N–H and O–H groups in total. The third kappa shape index (κ3) is 2.52. The Labute approximate surface area is 92.8 Å². The van der Waals surface area contributed by atoms with Crippen LogP contribution in [0.2, 0.25) is 0 Å². The molecule has 0 bridgehead atoms. The summed E-state index contributed by atoms with van der Waals surface area (Å²) < 4.78 is 0. The summed E-state index contributed by atoms with van der Waals surface area (Å²) in [6.45, 7) is 6.01. The summed E-state index contributed by atoms with van der Waals surface area (Å²) in [4.78, 5) is 2.42. The van der Waals surface area contributed by atoms with Crippen LogP contribution in [0.3, 0.4) is 0 Å². The van der Waals surface area contributed by atoms with Crippen molar-refractivity contribution < 1.29 is 5.11 Å². The summed E-state index contributed by atoms with van der Waals surface area (Å²) in [5, 5.41) is 12.8. The molecule has 2 atom stereocenters. The second kappa shape index (κ2) is 4.40. The maximum atomic E-state index is 9.31. The molecule has 2 heterocycles. The van der Waals surface area contributed by atoms with E-state index in [9.17, 15) is 5.11 Å². The zero-order chi connectivity index (χ0) is 10.9. The minimum absolute atomic E-state index is 0.00594. The molecule has 0 spiro atoms. The maximum absolute atomic E-state index is 9.31. The second-order valence-corrected chi connectivity index (χ2v) is 5.70. The van der Waals surface area contributed by atoms with Crippen LogP contribution in [0.5, 0.6) is 0 Å². The zero-order valence-electron chi connectivity index (χ0n) is 10.00. The Kier molecular flexibility index (Phi) is 3.33. The second-order valence-electron chi connectivity index (χ2n) is 5.70. The van der Waals surface area contributed by atoms with Gasteiger partial charge in [-0.3, -0.25) is 0 Å². The van der Waals surface area contributed by atoms with Crippen molar-refractivity contribution in [2.45, 2.75) is 31.7 Å². The van der Waals surface area contributed by atoms with Gasteiger partial charge in [-0.05, 0) is 64.7 Å². The first-order valence-electron chi connectivity index (χ1n) is 6.17. The quantitative estimate of drug-likeness (QED) is 0.707. The van der Waals surface area contributed by atoms with Crippen LogP contribution in [0.15, 0.2) is 0 Å². The first-order valence-corrected chi connectivity index (χ1v) is 6.17. The van der Waals surface area contributed by atoms with E-state index in [0.29, 0.717) is 0 Å². The van der Waals surface area contributed by atoms with Crippen LogP contribution in [-0.2, 0) is 0 Å². The molecule has 0 saturated carbocycles. The van der Waals surface area contributed by atoms with Crippen molar-refractivity contribution >= 4 is 0 Å². The van der Waals surface area contributed by atoms with E-state index in [-0.39, 0.29) is 12.1 Å². The molecule has 88 valence electrons. The molecule has 0 amide bonds. The van der Waals surface area contributed by atoms with Crippen molar-refractivity contribution in [2.24, 2.45) is 11.8 Å². The molecule has 2 unspecified atom stereocenters. The molecule has 2 fully saturated rings. The summed E-state index contributed by atoms with van der Waals surface area (Å²) in [7, 11) is 2.21. The van der Waals surface area contributed by atoms with Crippen LogP contribution in [0.4, 0.5) is 0 Å². The number of piperidine rings is 1. The topological polar surface area (TPSA) is 35.5 Å². The molecule has 2 aliphatic rings. The van der Waals surface area contributed by atoms with Crippen molar-refractivity contribution in [3.63, 3.8) is 0 Å². The average Bonchev–Trinajstić information content (AvgIpc) is 2.63. The fourth-order valence-electron chi connectivity index (χ4n) is 3.05. The number of nitrogens with zero attached hydrogens (tertiary/aromatic N) is 1. The summed E-state index contributed by atoms with van der Waals surface area (Å²) in [5.41, 5.74) is -0.00594. The molecule has 2 rings (SSSR count). The lowest BCUT2D eigenvalue weighted by Crippen LogP contribution is -2.39. The zero-order valence-corrected chi connectivity index (χ0v) is 10.00. The highest BCUT2D eigenvalue weighted by Crippen LogP contribution is 2.34. The van der Waals surface area contributed by atoms with Crippen molar-refractivity contribution in [2.75, 3.05) is 33.3 Å². The van der Waals surface area contributed by atoms with Crippen LogP contribution < -0.4 is 5.32 Å². The minimum atomic E-state index is -0.00594. The van der Waals surface area contributed by atoms with Gasteiger partial charge in [0, 0.05) is 5.54 Å². The lowest BCUT2D eigenvalue weighted by Gasteiger charge is -2.32. The lowest BCUT2D eigenvalue weighted by molar-refractivity contribution is 0.158. The van der Waals surface area contributed by atoms with E-state index in [0.717, 1.165) is 24.8 Å². The van der Waals surface area contributed by atoms with Crippen molar-refractivity contribution in [3.05, 3.63) is 0 Å². The molecule has 0 aromatic rings. The van der Waals surface area contributed by atoms with Crippen molar-refractivity contribution in [3.8, 4) is 0 Å². The monoisotopic (exact) mass is 212 g/mol. The van der Waals surface area contributed by atoms with Gasteiger partial charge in [-0.15, -0.1) is 0 Å². The normalized spacial score (nSPS) is 39.8. The molecule has 0 aliphatic carbocycles.